The largest absolute Gasteiger partial charge is 0.494 e. The van der Waals surface area contributed by atoms with Crippen molar-refractivity contribution in [2.75, 3.05) is 50.0 Å². The van der Waals surface area contributed by atoms with Crippen LogP contribution in [0.4, 0.5) is 18.9 Å². The van der Waals surface area contributed by atoms with Crippen molar-refractivity contribution in [2.45, 2.75) is 33.0 Å². The number of alkyl halides is 3. The molecule has 0 spiro atoms. The van der Waals surface area contributed by atoms with Crippen molar-refractivity contribution >= 4 is 21.6 Å². The number of benzene rings is 3. The molecule has 0 radical (unpaired) electrons. The maximum absolute atomic E-state index is 12.4. The molecule has 232 valence electrons. The first-order valence-electron chi connectivity index (χ1n) is 14.1. The number of nitrogens with zero attached hydrogens (tertiary/aromatic N) is 2. The molecule has 12 heteroatoms. The summed E-state index contributed by atoms with van der Waals surface area (Å²) in [5.74, 6) is -0.535. The predicted octanol–water partition coefficient (Wildman–Crippen LogP) is 5.49. The highest BCUT2D eigenvalue weighted by Crippen LogP contribution is 2.30. The summed E-state index contributed by atoms with van der Waals surface area (Å²) < 4.78 is 74.1. The van der Waals surface area contributed by atoms with Gasteiger partial charge in [0.05, 0.1) is 25.4 Å². The van der Waals surface area contributed by atoms with Crippen molar-refractivity contribution in [3.05, 3.63) is 77.9 Å². The summed E-state index contributed by atoms with van der Waals surface area (Å²) in [6, 6.07) is 20.6. The molecule has 1 aliphatic heterocycles. The van der Waals surface area contributed by atoms with E-state index in [-0.39, 0.29) is 5.56 Å². The van der Waals surface area contributed by atoms with Crippen molar-refractivity contribution in [1.29, 1.82) is 0 Å². The molecule has 3 aromatic rings. The third-order valence-electron chi connectivity index (χ3n) is 6.93. The van der Waals surface area contributed by atoms with Crippen molar-refractivity contribution in [2.24, 2.45) is 0 Å². The van der Waals surface area contributed by atoms with Crippen molar-refractivity contribution in [3.63, 3.8) is 0 Å². The molecule has 0 bridgehead atoms. The number of amides is 1. The van der Waals surface area contributed by atoms with Gasteiger partial charge in [0.1, 0.15) is 11.5 Å². The second-order valence-electron chi connectivity index (χ2n) is 10.2. The van der Waals surface area contributed by atoms with E-state index in [1.807, 2.05) is 38.1 Å². The SMILES string of the molecule is CCOc1cccc(-c2cc(CN3CCN(c4ccc(C(=O)NS(=O)(=O)CCC(F)(F)F)cc4)CC3)cc(OCC)c2)c1. The highest BCUT2D eigenvalue weighted by Gasteiger charge is 2.30. The van der Waals surface area contributed by atoms with E-state index in [1.54, 1.807) is 16.9 Å². The minimum atomic E-state index is -4.63. The zero-order valence-corrected chi connectivity index (χ0v) is 25.0. The van der Waals surface area contributed by atoms with Gasteiger partial charge in [-0.1, -0.05) is 12.1 Å². The van der Waals surface area contributed by atoms with Gasteiger partial charge in [0.15, 0.2) is 0 Å². The van der Waals surface area contributed by atoms with E-state index in [2.05, 4.69) is 28.0 Å². The minimum Gasteiger partial charge on any atom is -0.494 e. The second-order valence-corrected chi connectivity index (χ2v) is 12.0. The molecule has 1 saturated heterocycles. The fraction of sp³-hybridized carbons (Fsp3) is 0.387. The van der Waals surface area contributed by atoms with Gasteiger partial charge in [0.2, 0.25) is 10.0 Å². The zero-order chi connectivity index (χ0) is 31.0. The maximum Gasteiger partial charge on any atom is 0.390 e. The van der Waals surface area contributed by atoms with E-state index in [0.717, 1.165) is 66.6 Å². The lowest BCUT2D eigenvalue weighted by Crippen LogP contribution is -2.46. The molecule has 43 heavy (non-hydrogen) atoms. The van der Waals surface area contributed by atoms with Crippen molar-refractivity contribution in [3.8, 4) is 22.6 Å². The molecular weight excluding hydrogens is 583 g/mol. The number of carbonyl (C=O) groups excluding carboxylic acids is 1. The first-order valence-corrected chi connectivity index (χ1v) is 15.8. The van der Waals surface area contributed by atoms with E-state index < -0.39 is 34.3 Å². The number of anilines is 1. The molecule has 3 aromatic carbocycles. The Morgan fingerprint density at radius 3 is 2.16 bits per heavy atom. The fourth-order valence-electron chi connectivity index (χ4n) is 4.85. The molecule has 0 aliphatic carbocycles. The van der Waals surface area contributed by atoms with Crippen LogP contribution in [0.5, 0.6) is 11.5 Å². The van der Waals surface area contributed by atoms with Gasteiger partial charge in [-0.25, -0.2) is 13.1 Å². The third kappa shape index (κ3) is 9.62. The molecule has 1 N–H and O–H groups in total. The lowest BCUT2D eigenvalue weighted by Gasteiger charge is -2.36. The quantitative estimate of drug-likeness (QED) is 0.287. The van der Waals surface area contributed by atoms with E-state index in [9.17, 15) is 26.4 Å². The first-order chi connectivity index (χ1) is 20.4. The van der Waals surface area contributed by atoms with Gasteiger partial charge in [-0.3, -0.25) is 9.69 Å². The van der Waals surface area contributed by atoms with Crippen LogP contribution in [0.2, 0.25) is 0 Å². The summed E-state index contributed by atoms with van der Waals surface area (Å²) in [5.41, 5.74) is 4.16. The Hall–Kier alpha value is -3.77. The standard InChI is InChI=1S/C31H36F3N3O5S/c1-3-41-28-7-5-6-25(20-28)26-18-23(19-29(21-26)42-4-2)22-36-13-15-37(16-14-36)27-10-8-24(9-11-27)30(38)35-43(39,40)17-12-31(32,33)34/h5-11,18-21H,3-4,12-17,22H2,1-2H3,(H,35,38). The Bertz CT molecular complexity index is 1490. The van der Waals surface area contributed by atoms with E-state index in [4.69, 9.17) is 9.47 Å². The summed E-state index contributed by atoms with van der Waals surface area (Å²) in [6.07, 6.45) is -6.15. The Kier molecular flexibility index (Phi) is 10.6. The molecule has 4 rings (SSSR count). The average Bonchev–Trinajstić information content (AvgIpc) is 2.97. The van der Waals surface area contributed by atoms with Gasteiger partial charge < -0.3 is 14.4 Å². The number of halogens is 3. The second kappa shape index (κ2) is 14.1. The van der Waals surface area contributed by atoms with Gasteiger partial charge in [-0.15, -0.1) is 0 Å². The fourth-order valence-corrected chi connectivity index (χ4v) is 5.85. The lowest BCUT2D eigenvalue weighted by atomic mass is 10.0. The molecule has 1 heterocycles. The number of sulfonamides is 1. The normalized spacial score (nSPS) is 14.4. The van der Waals surface area contributed by atoms with Gasteiger partial charge >= 0.3 is 6.18 Å². The Morgan fingerprint density at radius 2 is 1.51 bits per heavy atom. The minimum absolute atomic E-state index is 0.0507. The molecule has 8 nitrogen and oxygen atoms in total. The number of hydrogen-bond acceptors (Lipinski definition) is 7. The predicted molar refractivity (Wildman–Crippen MR) is 160 cm³/mol. The van der Waals surface area contributed by atoms with E-state index >= 15 is 0 Å². The van der Waals surface area contributed by atoms with Crippen LogP contribution >= 0.6 is 0 Å². The van der Waals surface area contributed by atoms with E-state index in [0.29, 0.717) is 13.2 Å². The van der Waals surface area contributed by atoms with Gasteiger partial charge in [0, 0.05) is 44.0 Å². The number of rotatable bonds is 12. The molecule has 0 aromatic heterocycles. The Morgan fingerprint density at radius 1 is 0.860 bits per heavy atom. The van der Waals surface area contributed by atoms with Gasteiger partial charge in [-0.05, 0) is 85.1 Å². The summed E-state index contributed by atoms with van der Waals surface area (Å²) in [4.78, 5) is 16.8. The molecule has 0 unspecified atom stereocenters. The van der Waals surface area contributed by atoms with Crippen LogP contribution in [0.3, 0.4) is 0 Å². The summed E-state index contributed by atoms with van der Waals surface area (Å²) in [7, 11) is -4.40. The topological polar surface area (TPSA) is 88.2 Å². The highest BCUT2D eigenvalue weighted by molar-refractivity contribution is 7.90. The molecule has 0 saturated carbocycles. The van der Waals surface area contributed by atoms with Crippen LogP contribution in [-0.2, 0) is 16.6 Å². The van der Waals surface area contributed by atoms with E-state index in [1.165, 1.54) is 12.1 Å². The first kappa shape index (κ1) is 32.2. The lowest BCUT2D eigenvalue weighted by molar-refractivity contribution is -0.130. The van der Waals surface area contributed by atoms with Crippen LogP contribution in [-0.4, -0.2) is 70.5 Å². The van der Waals surface area contributed by atoms with Crippen molar-refractivity contribution < 1.29 is 35.9 Å². The molecule has 1 fully saturated rings. The summed E-state index contributed by atoms with van der Waals surface area (Å²) >= 11 is 0. The van der Waals surface area contributed by atoms with Crippen LogP contribution in [0.15, 0.2) is 66.7 Å². The zero-order valence-electron chi connectivity index (χ0n) is 24.2. The molecule has 0 atom stereocenters. The van der Waals surface area contributed by atoms with Crippen LogP contribution in [0.1, 0.15) is 36.2 Å². The Labute approximate surface area is 250 Å². The summed E-state index contributed by atoms with van der Waals surface area (Å²) in [5, 5.41) is 0. The average molecular weight is 620 g/mol. The third-order valence-corrected chi connectivity index (χ3v) is 8.17. The molecule has 1 amide bonds. The van der Waals surface area contributed by atoms with Gasteiger partial charge in [-0.2, -0.15) is 13.2 Å². The van der Waals surface area contributed by atoms with Crippen molar-refractivity contribution in [1.82, 2.24) is 9.62 Å². The number of ether oxygens (including phenoxy) is 2. The number of piperazine rings is 1. The van der Waals surface area contributed by atoms with Crippen LogP contribution in [0.25, 0.3) is 11.1 Å². The number of nitrogens with one attached hydrogen (secondary N) is 1. The molecular formula is C31H36F3N3O5S. The maximum atomic E-state index is 12.4. The smallest absolute Gasteiger partial charge is 0.390 e. The van der Waals surface area contributed by atoms with Crippen LogP contribution in [0, 0.1) is 0 Å². The van der Waals surface area contributed by atoms with Gasteiger partial charge in [0.25, 0.3) is 5.91 Å². The number of hydrogen-bond donors (Lipinski definition) is 1. The number of carbonyl (C=O) groups is 1. The Balaban J connectivity index is 1.35. The monoisotopic (exact) mass is 619 g/mol. The highest BCUT2D eigenvalue weighted by atomic mass is 32.2. The summed E-state index contributed by atoms with van der Waals surface area (Å²) in [6.45, 7) is 8.90. The van der Waals surface area contributed by atoms with Crippen LogP contribution < -0.4 is 19.1 Å². The molecule has 1 aliphatic rings.